The number of halogens is 2. The predicted molar refractivity (Wildman–Crippen MR) is 53.6 cm³/mol. The maximum Gasteiger partial charge on any atom is 0.242 e. The summed E-state index contributed by atoms with van der Waals surface area (Å²) < 4.78 is 1.85. The first-order valence-corrected chi connectivity index (χ1v) is 4.86. The predicted octanol–water partition coefficient (Wildman–Crippen LogP) is 2.56. The SMILES string of the molecule is [NH]C(=O)Cc1ccc(Br)c(Br)c1. The molecule has 1 aromatic carbocycles. The molecule has 1 rings (SSSR count). The van der Waals surface area contributed by atoms with Crippen LogP contribution in [0.4, 0.5) is 0 Å². The molecule has 0 aliphatic carbocycles. The summed E-state index contributed by atoms with van der Waals surface area (Å²) >= 11 is 6.63. The standard InChI is InChI=1S/C8H6Br2NO/c9-6-2-1-5(3-7(6)10)4-8(11)12/h1-3,11H,4H2. The molecule has 0 saturated carbocycles. The monoisotopic (exact) mass is 290 g/mol. The van der Waals surface area contributed by atoms with Crippen molar-refractivity contribution in [3.8, 4) is 0 Å². The Bertz CT molecular complexity index is 312. The largest absolute Gasteiger partial charge is 0.273 e. The lowest BCUT2D eigenvalue weighted by molar-refractivity contribution is -0.118. The molecule has 0 atom stereocenters. The third-order valence-corrected chi connectivity index (χ3v) is 3.23. The van der Waals surface area contributed by atoms with Crippen molar-refractivity contribution in [2.24, 2.45) is 0 Å². The lowest BCUT2D eigenvalue weighted by atomic mass is 10.1. The fourth-order valence-corrected chi connectivity index (χ4v) is 1.51. The summed E-state index contributed by atoms with van der Waals surface area (Å²) in [6.07, 6.45) is 0.172. The average molecular weight is 292 g/mol. The van der Waals surface area contributed by atoms with Gasteiger partial charge in [0.15, 0.2) is 0 Å². The van der Waals surface area contributed by atoms with Gasteiger partial charge in [0.05, 0.1) is 6.42 Å². The second-order valence-electron chi connectivity index (χ2n) is 2.35. The molecule has 0 unspecified atom stereocenters. The highest BCUT2D eigenvalue weighted by molar-refractivity contribution is 9.13. The Morgan fingerprint density at radius 1 is 1.33 bits per heavy atom. The Balaban J connectivity index is 2.89. The summed E-state index contributed by atoms with van der Waals surface area (Å²) in [5.41, 5.74) is 7.63. The van der Waals surface area contributed by atoms with E-state index in [0.29, 0.717) is 0 Å². The topological polar surface area (TPSA) is 40.9 Å². The number of benzene rings is 1. The van der Waals surface area contributed by atoms with Crippen LogP contribution in [0.15, 0.2) is 27.1 Å². The summed E-state index contributed by atoms with van der Waals surface area (Å²) in [6, 6.07) is 5.50. The highest BCUT2D eigenvalue weighted by Gasteiger charge is 2.01. The number of nitrogens with one attached hydrogen (secondary N) is 1. The van der Waals surface area contributed by atoms with E-state index in [1.807, 2.05) is 18.2 Å². The van der Waals surface area contributed by atoms with Crippen LogP contribution in [0.2, 0.25) is 0 Å². The molecule has 1 amide bonds. The van der Waals surface area contributed by atoms with E-state index in [1.165, 1.54) is 0 Å². The summed E-state index contributed by atoms with van der Waals surface area (Å²) in [5, 5.41) is 0. The van der Waals surface area contributed by atoms with Crippen LogP contribution in [-0.4, -0.2) is 5.91 Å². The number of hydrogen-bond acceptors (Lipinski definition) is 1. The van der Waals surface area contributed by atoms with E-state index >= 15 is 0 Å². The molecule has 0 fully saturated rings. The maximum atomic E-state index is 10.4. The lowest BCUT2D eigenvalue weighted by Crippen LogP contribution is -2.01. The fourth-order valence-electron chi connectivity index (χ4n) is 0.835. The van der Waals surface area contributed by atoms with E-state index in [-0.39, 0.29) is 6.42 Å². The minimum Gasteiger partial charge on any atom is -0.273 e. The zero-order valence-corrected chi connectivity index (χ0v) is 9.28. The summed E-state index contributed by atoms with van der Waals surface area (Å²) in [4.78, 5) is 10.4. The van der Waals surface area contributed by atoms with E-state index in [9.17, 15) is 4.79 Å². The Labute approximate surface area is 87.4 Å². The van der Waals surface area contributed by atoms with Crippen molar-refractivity contribution in [3.63, 3.8) is 0 Å². The molecule has 0 aliphatic heterocycles. The molecule has 0 saturated heterocycles. The van der Waals surface area contributed by atoms with Crippen LogP contribution < -0.4 is 5.73 Å². The Kier molecular flexibility index (Phi) is 3.29. The first-order chi connectivity index (χ1) is 5.59. The van der Waals surface area contributed by atoms with Crippen molar-refractivity contribution in [1.29, 1.82) is 0 Å². The second kappa shape index (κ2) is 4.05. The minimum absolute atomic E-state index is 0.172. The Morgan fingerprint density at radius 2 is 2.00 bits per heavy atom. The van der Waals surface area contributed by atoms with Crippen LogP contribution in [0.3, 0.4) is 0 Å². The lowest BCUT2D eigenvalue weighted by Gasteiger charge is -1.99. The van der Waals surface area contributed by atoms with E-state index in [0.717, 1.165) is 14.5 Å². The molecule has 1 N–H and O–H groups in total. The quantitative estimate of drug-likeness (QED) is 0.825. The van der Waals surface area contributed by atoms with Crippen LogP contribution in [0, 0.1) is 0 Å². The van der Waals surface area contributed by atoms with Gasteiger partial charge in [0.25, 0.3) is 0 Å². The van der Waals surface area contributed by atoms with Gasteiger partial charge >= 0.3 is 0 Å². The molecule has 0 spiro atoms. The van der Waals surface area contributed by atoms with Crippen LogP contribution in [0.25, 0.3) is 0 Å². The molecule has 2 nitrogen and oxygen atoms in total. The van der Waals surface area contributed by atoms with Crippen molar-refractivity contribution >= 4 is 37.8 Å². The number of rotatable bonds is 2. The first kappa shape index (κ1) is 9.74. The van der Waals surface area contributed by atoms with Gasteiger partial charge in [0.2, 0.25) is 5.91 Å². The van der Waals surface area contributed by atoms with Gasteiger partial charge in [-0.1, -0.05) is 6.07 Å². The normalized spacial score (nSPS) is 9.83. The van der Waals surface area contributed by atoms with Gasteiger partial charge in [0, 0.05) is 8.95 Å². The van der Waals surface area contributed by atoms with Crippen molar-refractivity contribution in [1.82, 2.24) is 5.73 Å². The number of amides is 1. The Morgan fingerprint density at radius 3 is 2.50 bits per heavy atom. The third kappa shape index (κ3) is 2.60. The molecule has 63 valence electrons. The van der Waals surface area contributed by atoms with Crippen molar-refractivity contribution < 1.29 is 4.79 Å². The van der Waals surface area contributed by atoms with Crippen molar-refractivity contribution in [2.75, 3.05) is 0 Å². The van der Waals surface area contributed by atoms with Gasteiger partial charge in [-0.3, -0.25) is 10.5 Å². The summed E-state index contributed by atoms with van der Waals surface area (Å²) in [7, 11) is 0. The second-order valence-corrected chi connectivity index (χ2v) is 4.06. The number of carbonyl (C=O) groups excluding carboxylic acids is 1. The molecule has 4 heteroatoms. The van der Waals surface area contributed by atoms with Gasteiger partial charge in [0.1, 0.15) is 0 Å². The first-order valence-electron chi connectivity index (χ1n) is 3.28. The molecule has 0 aliphatic rings. The highest BCUT2D eigenvalue weighted by atomic mass is 79.9. The number of hydrogen-bond donors (Lipinski definition) is 0. The zero-order chi connectivity index (χ0) is 9.14. The van der Waals surface area contributed by atoms with Crippen molar-refractivity contribution in [2.45, 2.75) is 6.42 Å². The van der Waals surface area contributed by atoms with E-state index in [2.05, 4.69) is 31.9 Å². The van der Waals surface area contributed by atoms with E-state index in [4.69, 9.17) is 5.73 Å². The fraction of sp³-hybridized carbons (Fsp3) is 0.125. The van der Waals surface area contributed by atoms with Crippen LogP contribution in [-0.2, 0) is 11.2 Å². The summed E-state index contributed by atoms with van der Waals surface area (Å²) in [5.74, 6) is -0.566. The van der Waals surface area contributed by atoms with E-state index < -0.39 is 5.91 Å². The molecule has 1 radical (unpaired) electrons. The molecule has 0 heterocycles. The highest BCUT2D eigenvalue weighted by Crippen LogP contribution is 2.23. The maximum absolute atomic E-state index is 10.4. The third-order valence-electron chi connectivity index (χ3n) is 1.35. The Hall–Kier alpha value is -0.350. The van der Waals surface area contributed by atoms with Gasteiger partial charge < -0.3 is 0 Å². The van der Waals surface area contributed by atoms with Crippen LogP contribution >= 0.6 is 31.9 Å². The minimum atomic E-state index is -0.566. The molecular formula is C8H6Br2NO. The molecular weight excluding hydrogens is 286 g/mol. The van der Waals surface area contributed by atoms with Crippen molar-refractivity contribution in [3.05, 3.63) is 32.7 Å². The van der Waals surface area contributed by atoms with Crippen LogP contribution in [0.5, 0.6) is 0 Å². The molecule has 12 heavy (non-hydrogen) atoms. The van der Waals surface area contributed by atoms with Crippen LogP contribution in [0.1, 0.15) is 5.56 Å². The van der Waals surface area contributed by atoms with E-state index in [1.54, 1.807) is 0 Å². The average Bonchev–Trinajstić information content (AvgIpc) is 1.96. The van der Waals surface area contributed by atoms with Gasteiger partial charge in [-0.2, -0.15) is 0 Å². The molecule has 0 aromatic heterocycles. The zero-order valence-electron chi connectivity index (χ0n) is 6.10. The van der Waals surface area contributed by atoms with Gasteiger partial charge in [-0.15, -0.1) is 0 Å². The number of carbonyl (C=O) groups is 1. The smallest absolute Gasteiger partial charge is 0.242 e. The molecule has 0 bridgehead atoms. The van der Waals surface area contributed by atoms with Gasteiger partial charge in [-0.05, 0) is 49.6 Å². The summed E-state index contributed by atoms with van der Waals surface area (Å²) in [6.45, 7) is 0. The molecule has 1 aromatic rings. The van der Waals surface area contributed by atoms with Gasteiger partial charge in [-0.25, -0.2) is 0 Å².